The molecule has 0 aromatic rings. The van der Waals surface area contributed by atoms with Crippen molar-refractivity contribution < 1.29 is 38.7 Å². The molecule has 2 saturated carbocycles. The number of allylic oxidation sites excluding steroid dienone is 2. The summed E-state index contributed by atoms with van der Waals surface area (Å²) in [5, 5.41) is 23.6. The lowest BCUT2D eigenvalue weighted by molar-refractivity contribution is -0.354. The fourth-order valence-corrected chi connectivity index (χ4v) is 7.76. The van der Waals surface area contributed by atoms with E-state index in [0.717, 1.165) is 0 Å². The van der Waals surface area contributed by atoms with Gasteiger partial charge in [-0.05, 0) is 31.3 Å². The van der Waals surface area contributed by atoms with Gasteiger partial charge >= 0.3 is 5.97 Å². The highest BCUT2D eigenvalue weighted by Crippen LogP contribution is 2.71. The van der Waals surface area contributed by atoms with E-state index in [-0.39, 0.29) is 30.8 Å². The third-order valence-corrected chi connectivity index (χ3v) is 9.27. The van der Waals surface area contributed by atoms with Crippen LogP contribution in [0.5, 0.6) is 0 Å². The molecule has 166 valence electrons. The molecule has 5 aliphatic rings. The summed E-state index contributed by atoms with van der Waals surface area (Å²) in [6.07, 6.45) is -0.292. The lowest BCUT2D eigenvalue weighted by Crippen LogP contribution is -2.84. The van der Waals surface area contributed by atoms with E-state index in [9.17, 15) is 19.8 Å². The van der Waals surface area contributed by atoms with Crippen molar-refractivity contribution in [2.75, 3.05) is 13.9 Å². The zero-order chi connectivity index (χ0) is 21.9. The summed E-state index contributed by atoms with van der Waals surface area (Å²) < 4.78 is 23.0. The summed E-state index contributed by atoms with van der Waals surface area (Å²) in [6.45, 7) is 7.20. The molecule has 0 amide bonds. The number of esters is 1. The van der Waals surface area contributed by atoms with Crippen LogP contribution in [0.3, 0.4) is 0 Å². The molecule has 2 saturated heterocycles. The fraction of sp³-hybridized carbons (Fsp3) is 0.818. The number of hydrogen-bond donors (Lipinski definition) is 2. The minimum absolute atomic E-state index is 0.0101. The smallest absolute Gasteiger partial charge is 0.309 e. The van der Waals surface area contributed by atoms with Crippen molar-refractivity contribution in [3.8, 4) is 0 Å². The predicted molar refractivity (Wildman–Crippen MR) is 102 cm³/mol. The monoisotopic (exact) mass is 422 g/mol. The van der Waals surface area contributed by atoms with Crippen LogP contribution in [0, 0.1) is 28.6 Å². The number of rotatable bonds is 1. The van der Waals surface area contributed by atoms with Crippen LogP contribution < -0.4 is 0 Å². The van der Waals surface area contributed by atoms with Gasteiger partial charge in [-0.1, -0.05) is 20.8 Å². The van der Waals surface area contributed by atoms with E-state index in [4.69, 9.17) is 18.9 Å². The third kappa shape index (κ3) is 1.97. The summed E-state index contributed by atoms with van der Waals surface area (Å²) >= 11 is 0. The molecule has 0 aromatic heterocycles. The van der Waals surface area contributed by atoms with Crippen LogP contribution in [0.2, 0.25) is 0 Å². The van der Waals surface area contributed by atoms with Gasteiger partial charge in [0.05, 0.1) is 19.6 Å². The minimum atomic E-state index is -1.84. The maximum Gasteiger partial charge on any atom is 0.309 e. The van der Waals surface area contributed by atoms with E-state index in [1.807, 2.05) is 26.8 Å². The number of hydrogen-bond acceptors (Lipinski definition) is 8. The largest absolute Gasteiger partial charge is 0.493 e. The van der Waals surface area contributed by atoms with Crippen LogP contribution in [0.4, 0.5) is 0 Å². The van der Waals surface area contributed by atoms with E-state index in [0.29, 0.717) is 12.2 Å². The zero-order valence-corrected chi connectivity index (χ0v) is 18.0. The van der Waals surface area contributed by atoms with Crippen molar-refractivity contribution in [3.05, 3.63) is 11.8 Å². The summed E-state index contributed by atoms with van der Waals surface area (Å²) in [5.41, 5.74) is -5.67. The number of carbonyl (C=O) groups excluding carboxylic acids is 2. The SMILES string of the molecule is COC1=C[C@@H](C)[C@@H]2C[C@H]3OC(=O)C[C@]4(O)[C@@]3(C)[C@H]([C@@H]3OCO[C@H]3[C@@]4(C)O)[C@@]2(C)C1=O. The van der Waals surface area contributed by atoms with Gasteiger partial charge < -0.3 is 29.2 Å². The number of Topliss-reactive ketones (excluding diaryl/α,β-unsaturated/α-hetero) is 1. The van der Waals surface area contributed by atoms with Gasteiger partial charge in [-0.15, -0.1) is 0 Å². The highest BCUT2D eigenvalue weighted by molar-refractivity contribution is 6.00. The molecule has 3 aliphatic carbocycles. The number of aliphatic hydroxyl groups is 2. The van der Waals surface area contributed by atoms with Gasteiger partial charge in [0, 0.05) is 16.7 Å². The number of methoxy groups -OCH3 is 1. The average Bonchev–Trinajstić information content (AvgIpc) is 3.14. The van der Waals surface area contributed by atoms with Gasteiger partial charge in [0.1, 0.15) is 30.2 Å². The van der Waals surface area contributed by atoms with Gasteiger partial charge in [0.2, 0.25) is 5.78 Å². The van der Waals surface area contributed by atoms with Gasteiger partial charge in [-0.3, -0.25) is 9.59 Å². The molecule has 30 heavy (non-hydrogen) atoms. The molecule has 4 fully saturated rings. The molecule has 0 aromatic carbocycles. The van der Waals surface area contributed by atoms with E-state index < -0.39 is 52.2 Å². The number of ketones is 1. The van der Waals surface area contributed by atoms with Crippen molar-refractivity contribution in [1.82, 2.24) is 0 Å². The van der Waals surface area contributed by atoms with Crippen molar-refractivity contribution in [2.45, 2.75) is 70.1 Å². The first-order valence-electron chi connectivity index (χ1n) is 10.6. The van der Waals surface area contributed by atoms with E-state index in [1.54, 1.807) is 0 Å². The number of fused-ring (bicyclic) bond motifs is 4. The molecular formula is C22H30O8. The van der Waals surface area contributed by atoms with Crippen LogP contribution in [-0.4, -0.2) is 65.4 Å². The second-order valence-corrected chi connectivity index (χ2v) is 10.3. The van der Waals surface area contributed by atoms with Crippen LogP contribution in [-0.2, 0) is 28.5 Å². The Hall–Kier alpha value is -1.48. The molecule has 2 N–H and O–H groups in total. The second-order valence-electron chi connectivity index (χ2n) is 10.3. The Morgan fingerprint density at radius 1 is 1.17 bits per heavy atom. The average molecular weight is 422 g/mol. The van der Waals surface area contributed by atoms with E-state index in [2.05, 4.69) is 0 Å². The van der Waals surface area contributed by atoms with Crippen molar-refractivity contribution in [1.29, 1.82) is 0 Å². The van der Waals surface area contributed by atoms with Crippen molar-refractivity contribution in [3.63, 3.8) is 0 Å². The van der Waals surface area contributed by atoms with Crippen LogP contribution >= 0.6 is 0 Å². The molecule has 0 radical (unpaired) electrons. The maximum absolute atomic E-state index is 13.8. The fourth-order valence-electron chi connectivity index (χ4n) is 7.76. The Kier molecular flexibility index (Phi) is 3.98. The molecular weight excluding hydrogens is 392 g/mol. The van der Waals surface area contributed by atoms with E-state index >= 15 is 0 Å². The summed E-state index contributed by atoms with van der Waals surface area (Å²) in [4.78, 5) is 26.3. The van der Waals surface area contributed by atoms with Gasteiger partial charge in [0.15, 0.2) is 5.76 Å². The van der Waals surface area contributed by atoms with Crippen LogP contribution in [0.1, 0.15) is 40.5 Å². The van der Waals surface area contributed by atoms with Crippen LogP contribution in [0.25, 0.3) is 0 Å². The highest BCUT2D eigenvalue weighted by atomic mass is 16.7. The Balaban J connectivity index is 1.78. The predicted octanol–water partition coefficient (Wildman–Crippen LogP) is 0.937. The topological polar surface area (TPSA) is 112 Å². The first-order valence-corrected chi connectivity index (χ1v) is 10.6. The molecule has 0 spiro atoms. The summed E-state index contributed by atoms with van der Waals surface area (Å²) in [7, 11) is 1.48. The van der Waals surface area contributed by atoms with Gasteiger partial charge in [-0.2, -0.15) is 0 Å². The molecule has 10 atom stereocenters. The normalized spacial score (nSPS) is 57.0. The number of carbonyl (C=O) groups is 2. The highest BCUT2D eigenvalue weighted by Gasteiger charge is 2.82. The molecule has 0 unspecified atom stereocenters. The second kappa shape index (κ2) is 5.85. The number of ether oxygens (including phenoxy) is 4. The molecule has 8 heteroatoms. The lowest BCUT2D eigenvalue weighted by atomic mass is 9.36. The maximum atomic E-state index is 13.8. The van der Waals surface area contributed by atoms with Crippen molar-refractivity contribution in [2.24, 2.45) is 28.6 Å². The summed E-state index contributed by atoms with van der Waals surface area (Å²) in [5.74, 6) is -1.10. The first-order chi connectivity index (χ1) is 13.9. The van der Waals surface area contributed by atoms with Gasteiger partial charge in [-0.25, -0.2) is 0 Å². The third-order valence-electron chi connectivity index (χ3n) is 9.27. The Morgan fingerprint density at radius 3 is 2.53 bits per heavy atom. The molecule has 0 bridgehead atoms. The Morgan fingerprint density at radius 2 is 1.87 bits per heavy atom. The van der Waals surface area contributed by atoms with E-state index in [1.165, 1.54) is 14.0 Å². The minimum Gasteiger partial charge on any atom is -0.493 e. The molecule has 2 heterocycles. The van der Waals surface area contributed by atoms with Crippen LogP contribution in [0.15, 0.2) is 11.8 Å². The quantitative estimate of drug-likeness (QED) is 0.601. The first kappa shape index (κ1) is 20.4. The standard InChI is InChI=1S/C22H30O8/c1-10-6-12(27-5)17(24)19(2)11(10)7-13-20(3)16(19)15-18(29-9-28-15)21(4,25)22(20,26)8-14(23)30-13/h6,10-11,13,15-16,18,25-26H,7-9H2,1-5H3/t10-,11+,13-,15+,16-,18-,19+,20-,21-,22+/m1/s1. The van der Waals surface area contributed by atoms with Crippen molar-refractivity contribution >= 4 is 11.8 Å². The Labute approximate surface area is 175 Å². The zero-order valence-electron chi connectivity index (χ0n) is 18.0. The summed E-state index contributed by atoms with van der Waals surface area (Å²) in [6, 6.07) is 0. The van der Waals surface area contributed by atoms with Gasteiger partial charge in [0.25, 0.3) is 0 Å². The molecule has 5 rings (SSSR count). The lowest BCUT2D eigenvalue weighted by Gasteiger charge is -2.71. The Bertz CT molecular complexity index is 850. The molecule has 8 nitrogen and oxygen atoms in total. The molecule has 2 aliphatic heterocycles.